The Morgan fingerprint density at radius 3 is 2.60 bits per heavy atom. The molecule has 1 atom stereocenters. The summed E-state index contributed by atoms with van der Waals surface area (Å²) in [6.07, 6.45) is -0.00374. The highest BCUT2D eigenvalue weighted by Crippen LogP contribution is 2.27. The lowest BCUT2D eigenvalue weighted by Gasteiger charge is -2.18. The third kappa shape index (κ3) is 3.91. The summed E-state index contributed by atoms with van der Waals surface area (Å²) in [7, 11) is 1.60. The van der Waals surface area contributed by atoms with Crippen LogP contribution in [-0.4, -0.2) is 19.1 Å². The minimum absolute atomic E-state index is 0.177. The molecule has 0 spiro atoms. The summed E-state index contributed by atoms with van der Waals surface area (Å²) in [6, 6.07) is 21.1. The fourth-order valence-electron chi connectivity index (χ4n) is 2.70. The number of rotatable bonds is 6. The van der Waals surface area contributed by atoms with Crippen molar-refractivity contribution in [2.45, 2.75) is 19.4 Å². The topological polar surface area (TPSA) is 47.6 Å². The molecular weight excluding hydrogens is 314 g/mol. The first-order chi connectivity index (χ1) is 12.2. The van der Waals surface area contributed by atoms with E-state index < -0.39 is 6.10 Å². The molecule has 0 aliphatic rings. The lowest BCUT2D eigenvalue weighted by Crippen LogP contribution is -2.32. The number of carbonyl (C=O) groups is 1. The quantitative estimate of drug-likeness (QED) is 0.713. The Hall–Kier alpha value is -3.01. The molecule has 3 rings (SSSR count). The maximum Gasteiger partial charge on any atom is 0.265 e. The lowest BCUT2D eigenvalue weighted by atomic mass is 10.1. The molecule has 1 unspecified atom stereocenters. The molecule has 0 bridgehead atoms. The largest absolute Gasteiger partial charge is 0.497 e. The van der Waals surface area contributed by atoms with Gasteiger partial charge in [0.15, 0.2) is 6.10 Å². The first kappa shape index (κ1) is 16.8. The third-order valence-corrected chi connectivity index (χ3v) is 4.02. The molecule has 3 aromatic carbocycles. The standard InChI is InChI=1S/C21H21NO3/c1-3-19(21(23)22-16-10-7-11-17(14-16)24-2)25-20-13-6-9-15-8-4-5-12-18(15)20/h4-14,19H,3H2,1-2H3,(H,22,23). The van der Waals surface area contributed by atoms with E-state index in [1.165, 1.54) is 0 Å². The summed E-state index contributed by atoms with van der Waals surface area (Å²) >= 11 is 0. The summed E-state index contributed by atoms with van der Waals surface area (Å²) in [5.41, 5.74) is 0.685. The summed E-state index contributed by atoms with van der Waals surface area (Å²) < 4.78 is 11.2. The van der Waals surface area contributed by atoms with E-state index in [0.717, 1.165) is 10.8 Å². The van der Waals surface area contributed by atoms with Crippen molar-refractivity contribution in [3.8, 4) is 11.5 Å². The third-order valence-electron chi connectivity index (χ3n) is 4.02. The van der Waals surface area contributed by atoms with Crippen molar-refractivity contribution in [1.82, 2.24) is 0 Å². The van der Waals surface area contributed by atoms with Gasteiger partial charge in [-0.1, -0.05) is 49.4 Å². The molecule has 4 nitrogen and oxygen atoms in total. The highest BCUT2D eigenvalue weighted by atomic mass is 16.5. The monoisotopic (exact) mass is 335 g/mol. The Labute approximate surface area is 147 Å². The number of ether oxygens (including phenoxy) is 2. The van der Waals surface area contributed by atoms with Gasteiger partial charge in [-0.05, 0) is 30.0 Å². The number of hydrogen-bond donors (Lipinski definition) is 1. The van der Waals surface area contributed by atoms with Crippen molar-refractivity contribution in [3.05, 3.63) is 66.7 Å². The van der Waals surface area contributed by atoms with E-state index in [-0.39, 0.29) is 5.91 Å². The summed E-state index contributed by atoms with van der Waals surface area (Å²) in [4.78, 5) is 12.6. The molecular formula is C21H21NO3. The minimum Gasteiger partial charge on any atom is -0.497 e. The van der Waals surface area contributed by atoms with Crippen molar-refractivity contribution in [1.29, 1.82) is 0 Å². The zero-order chi connectivity index (χ0) is 17.6. The van der Waals surface area contributed by atoms with Crippen LogP contribution in [0.2, 0.25) is 0 Å². The molecule has 0 saturated heterocycles. The van der Waals surface area contributed by atoms with Crippen LogP contribution >= 0.6 is 0 Å². The number of amides is 1. The Kier molecular flexibility index (Phi) is 5.19. The molecule has 0 aliphatic carbocycles. The minimum atomic E-state index is -0.572. The van der Waals surface area contributed by atoms with E-state index in [9.17, 15) is 4.79 Å². The highest BCUT2D eigenvalue weighted by molar-refractivity contribution is 5.95. The van der Waals surface area contributed by atoms with Gasteiger partial charge < -0.3 is 14.8 Å². The van der Waals surface area contributed by atoms with Crippen LogP contribution in [-0.2, 0) is 4.79 Å². The van der Waals surface area contributed by atoms with Crippen LogP contribution in [0, 0.1) is 0 Å². The molecule has 1 amide bonds. The van der Waals surface area contributed by atoms with E-state index in [2.05, 4.69) is 5.32 Å². The second kappa shape index (κ2) is 7.71. The molecule has 25 heavy (non-hydrogen) atoms. The molecule has 0 fully saturated rings. The van der Waals surface area contributed by atoms with Crippen LogP contribution in [0.15, 0.2) is 66.7 Å². The van der Waals surface area contributed by atoms with Crippen LogP contribution in [0.1, 0.15) is 13.3 Å². The average molecular weight is 335 g/mol. The van der Waals surface area contributed by atoms with Crippen LogP contribution in [0.5, 0.6) is 11.5 Å². The molecule has 0 aliphatic heterocycles. The van der Waals surface area contributed by atoms with Gasteiger partial charge in [-0.3, -0.25) is 4.79 Å². The molecule has 0 radical (unpaired) electrons. The van der Waals surface area contributed by atoms with Gasteiger partial charge in [-0.25, -0.2) is 0 Å². The van der Waals surface area contributed by atoms with Crippen molar-refractivity contribution >= 4 is 22.4 Å². The van der Waals surface area contributed by atoms with Gasteiger partial charge >= 0.3 is 0 Å². The summed E-state index contributed by atoms with van der Waals surface area (Å²) in [6.45, 7) is 1.93. The lowest BCUT2D eigenvalue weighted by molar-refractivity contribution is -0.122. The number of hydrogen-bond acceptors (Lipinski definition) is 3. The maximum atomic E-state index is 12.6. The van der Waals surface area contributed by atoms with Gasteiger partial charge in [-0.2, -0.15) is 0 Å². The van der Waals surface area contributed by atoms with Gasteiger partial charge in [0.1, 0.15) is 11.5 Å². The SMILES string of the molecule is CCC(Oc1cccc2ccccc12)C(=O)Nc1cccc(OC)c1. The van der Waals surface area contributed by atoms with Crippen LogP contribution in [0.4, 0.5) is 5.69 Å². The van der Waals surface area contributed by atoms with Gasteiger partial charge in [0.2, 0.25) is 0 Å². The summed E-state index contributed by atoms with van der Waals surface area (Å²) in [5, 5.41) is 4.98. The smallest absolute Gasteiger partial charge is 0.265 e. The van der Waals surface area contributed by atoms with Crippen LogP contribution < -0.4 is 14.8 Å². The van der Waals surface area contributed by atoms with E-state index in [1.54, 1.807) is 13.2 Å². The second-order valence-electron chi connectivity index (χ2n) is 5.71. The Balaban J connectivity index is 1.78. The molecule has 0 saturated carbocycles. The average Bonchev–Trinajstić information content (AvgIpc) is 2.66. The zero-order valence-corrected chi connectivity index (χ0v) is 14.4. The van der Waals surface area contributed by atoms with E-state index >= 15 is 0 Å². The van der Waals surface area contributed by atoms with Crippen molar-refractivity contribution in [2.24, 2.45) is 0 Å². The fourth-order valence-corrected chi connectivity index (χ4v) is 2.70. The van der Waals surface area contributed by atoms with Crippen LogP contribution in [0.25, 0.3) is 10.8 Å². The predicted molar refractivity (Wildman–Crippen MR) is 100 cm³/mol. The summed E-state index contributed by atoms with van der Waals surface area (Å²) in [5.74, 6) is 1.23. The molecule has 0 aromatic heterocycles. The van der Waals surface area contributed by atoms with Crippen molar-refractivity contribution in [3.63, 3.8) is 0 Å². The number of methoxy groups -OCH3 is 1. The number of fused-ring (bicyclic) bond motifs is 1. The van der Waals surface area contributed by atoms with E-state index in [4.69, 9.17) is 9.47 Å². The first-order valence-corrected chi connectivity index (χ1v) is 8.30. The number of anilines is 1. The van der Waals surface area contributed by atoms with Gasteiger partial charge in [0.05, 0.1) is 7.11 Å². The normalized spacial score (nSPS) is 11.8. The predicted octanol–water partition coefficient (Wildman–Crippen LogP) is 4.64. The number of nitrogens with one attached hydrogen (secondary N) is 1. The fraction of sp³-hybridized carbons (Fsp3) is 0.190. The number of benzene rings is 3. The van der Waals surface area contributed by atoms with Crippen molar-refractivity contribution in [2.75, 3.05) is 12.4 Å². The van der Waals surface area contributed by atoms with Gasteiger partial charge in [0, 0.05) is 17.1 Å². The highest BCUT2D eigenvalue weighted by Gasteiger charge is 2.19. The van der Waals surface area contributed by atoms with Crippen molar-refractivity contribution < 1.29 is 14.3 Å². The Morgan fingerprint density at radius 1 is 1.04 bits per heavy atom. The Bertz CT molecular complexity index is 870. The maximum absolute atomic E-state index is 12.6. The molecule has 3 aromatic rings. The number of carbonyl (C=O) groups excluding carboxylic acids is 1. The van der Waals surface area contributed by atoms with Gasteiger partial charge in [-0.15, -0.1) is 0 Å². The Morgan fingerprint density at radius 2 is 1.80 bits per heavy atom. The molecule has 1 N–H and O–H groups in total. The molecule has 0 heterocycles. The van der Waals surface area contributed by atoms with E-state index in [1.807, 2.05) is 67.6 Å². The van der Waals surface area contributed by atoms with Gasteiger partial charge in [0.25, 0.3) is 5.91 Å². The molecule has 4 heteroatoms. The first-order valence-electron chi connectivity index (χ1n) is 8.30. The second-order valence-corrected chi connectivity index (χ2v) is 5.71. The molecule has 128 valence electrons. The van der Waals surface area contributed by atoms with Crippen LogP contribution in [0.3, 0.4) is 0 Å². The van der Waals surface area contributed by atoms with E-state index in [0.29, 0.717) is 23.6 Å². The zero-order valence-electron chi connectivity index (χ0n) is 14.4.